The van der Waals surface area contributed by atoms with Crippen molar-refractivity contribution in [2.75, 3.05) is 0 Å². The molecule has 0 amide bonds. The number of aryl methyl sites for hydroxylation is 1. The van der Waals surface area contributed by atoms with Gasteiger partial charge in [0.1, 0.15) is 21.5 Å². The lowest BCUT2D eigenvalue weighted by Gasteiger charge is -1.85. The summed E-state index contributed by atoms with van der Waals surface area (Å²) in [6.45, 7) is 1.94. The first-order valence-electron chi connectivity index (χ1n) is 5.58. The lowest BCUT2D eigenvalue weighted by molar-refractivity contribution is 0.629. The van der Waals surface area contributed by atoms with E-state index < -0.39 is 0 Å². The highest BCUT2D eigenvalue weighted by atomic mass is 32.1. The standard InChI is InChI=1S/C12H7FN4S2/c1-6-16-17-5-9(15-12(17)18-6)11-14-8-4-7(13)2-3-10(8)19-11/h2-5H,1H3. The summed E-state index contributed by atoms with van der Waals surface area (Å²) < 4.78 is 15.9. The number of hydrogen-bond acceptors (Lipinski definition) is 5. The molecule has 4 rings (SSSR count). The zero-order valence-electron chi connectivity index (χ0n) is 9.79. The lowest BCUT2D eigenvalue weighted by Crippen LogP contribution is -1.80. The Labute approximate surface area is 115 Å². The second-order valence-corrected chi connectivity index (χ2v) is 6.30. The molecule has 94 valence electrons. The van der Waals surface area contributed by atoms with Gasteiger partial charge in [0.15, 0.2) is 0 Å². The summed E-state index contributed by atoms with van der Waals surface area (Å²) in [7, 11) is 0. The van der Waals surface area contributed by atoms with Crippen molar-refractivity contribution in [3.63, 3.8) is 0 Å². The fourth-order valence-corrected chi connectivity index (χ4v) is 3.54. The average molecular weight is 290 g/mol. The van der Waals surface area contributed by atoms with Gasteiger partial charge in [-0.2, -0.15) is 5.10 Å². The van der Waals surface area contributed by atoms with E-state index in [1.165, 1.54) is 34.8 Å². The summed E-state index contributed by atoms with van der Waals surface area (Å²) >= 11 is 3.04. The number of benzene rings is 1. The van der Waals surface area contributed by atoms with Crippen LogP contribution in [0.2, 0.25) is 0 Å². The number of aromatic nitrogens is 4. The van der Waals surface area contributed by atoms with Gasteiger partial charge >= 0.3 is 0 Å². The van der Waals surface area contributed by atoms with Crippen molar-refractivity contribution >= 4 is 37.9 Å². The van der Waals surface area contributed by atoms with Crippen LogP contribution in [-0.4, -0.2) is 19.6 Å². The Bertz CT molecular complexity index is 874. The van der Waals surface area contributed by atoms with Crippen LogP contribution in [-0.2, 0) is 0 Å². The third-order valence-corrected chi connectivity index (χ3v) is 4.61. The van der Waals surface area contributed by atoms with Crippen molar-refractivity contribution in [1.29, 1.82) is 0 Å². The van der Waals surface area contributed by atoms with E-state index in [0.29, 0.717) is 5.52 Å². The minimum absolute atomic E-state index is 0.271. The Morgan fingerprint density at radius 1 is 1.21 bits per heavy atom. The van der Waals surface area contributed by atoms with Gasteiger partial charge in [0.25, 0.3) is 0 Å². The van der Waals surface area contributed by atoms with Gasteiger partial charge in [0.2, 0.25) is 4.96 Å². The molecule has 4 aromatic rings. The number of thiazole rings is 1. The second-order valence-electron chi connectivity index (χ2n) is 4.11. The first kappa shape index (κ1) is 11.0. The molecule has 0 N–H and O–H groups in total. The molecule has 3 aromatic heterocycles. The zero-order chi connectivity index (χ0) is 13.0. The molecule has 7 heteroatoms. The van der Waals surface area contributed by atoms with E-state index in [1.54, 1.807) is 10.6 Å². The van der Waals surface area contributed by atoms with Crippen molar-refractivity contribution in [2.45, 2.75) is 6.92 Å². The summed E-state index contributed by atoms with van der Waals surface area (Å²) in [5.41, 5.74) is 1.45. The first-order chi connectivity index (χ1) is 9.19. The van der Waals surface area contributed by atoms with E-state index in [1.807, 2.05) is 13.1 Å². The van der Waals surface area contributed by atoms with Crippen LogP contribution in [0.3, 0.4) is 0 Å². The van der Waals surface area contributed by atoms with Crippen molar-refractivity contribution in [1.82, 2.24) is 19.6 Å². The Balaban J connectivity index is 1.90. The summed E-state index contributed by atoms with van der Waals surface area (Å²) in [6.07, 6.45) is 1.85. The minimum Gasteiger partial charge on any atom is -0.234 e. The molecular weight excluding hydrogens is 283 g/mol. The monoisotopic (exact) mass is 290 g/mol. The van der Waals surface area contributed by atoms with Crippen molar-refractivity contribution in [2.24, 2.45) is 0 Å². The van der Waals surface area contributed by atoms with Gasteiger partial charge in [0, 0.05) is 6.07 Å². The molecule has 0 radical (unpaired) electrons. The van der Waals surface area contributed by atoms with E-state index in [4.69, 9.17) is 0 Å². The second kappa shape index (κ2) is 3.82. The largest absolute Gasteiger partial charge is 0.234 e. The van der Waals surface area contributed by atoms with E-state index in [-0.39, 0.29) is 5.82 Å². The van der Waals surface area contributed by atoms with Crippen LogP contribution in [0.5, 0.6) is 0 Å². The Hall–Kier alpha value is -1.86. The lowest BCUT2D eigenvalue weighted by atomic mass is 10.3. The summed E-state index contributed by atoms with van der Waals surface area (Å²) in [4.78, 5) is 9.76. The maximum absolute atomic E-state index is 13.1. The molecule has 0 unspecified atom stereocenters. The normalized spacial score (nSPS) is 11.7. The molecule has 0 aliphatic carbocycles. The molecule has 0 fully saturated rings. The molecule has 0 aliphatic heterocycles. The molecule has 0 saturated carbocycles. The van der Waals surface area contributed by atoms with Crippen LogP contribution >= 0.6 is 22.7 Å². The van der Waals surface area contributed by atoms with Crippen LogP contribution in [0.4, 0.5) is 4.39 Å². The fourth-order valence-electron chi connectivity index (χ4n) is 1.91. The zero-order valence-corrected chi connectivity index (χ0v) is 11.4. The summed E-state index contributed by atoms with van der Waals surface area (Å²) in [5.74, 6) is -0.271. The highest BCUT2D eigenvalue weighted by Gasteiger charge is 2.12. The van der Waals surface area contributed by atoms with Crippen molar-refractivity contribution < 1.29 is 4.39 Å². The van der Waals surface area contributed by atoms with Crippen LogP contribution in [0, 0.1) is 12.7 Å². The number of imidazole rings is 1. The number of halogens is 1. The van der Waals surface area contributed by atoms with E-state index >= 15 is 0 Å². The highest BCUT2D eigenvalue weighted by Crippen LogP contribution is 2.30. The van der Waals surface area contributed by atoms with Crippen LogP contribution in [0.1, 0.15) is 5.01 Å². The molecule has 3 heterocycles. The molecule has 0 atom stereocenters. The average Bonchev–Trinajstić information content (AvgIpc) is 2.99. The van der Waals surface area contributed by atoms with Gasteiger partial charge in [-0.25, -0.2) is 18.9 Å². The first-order valence-corrected chi connectivity index (χ1v) is 7.22. The van der Waals surface area contributed by atoms with Crippen LogP contribution < -0.4 is 0 Å². The quantitative estimate of drug-likeness (QED) is 0.539. The Kier molecular flexibility index (Phi) is 2.21. The third kappa shape index (κ3) is 1.73. The van der Waals surface area contributed by atoms with Crippen molar-refractivity contribution in [3.05, 3.63) is 35.2 Å². The molecule has 0 aliphatic rings. The third-order valence-electron chi connectivity index (χ3n) is 2.71. The molecule has 1 aromatic carbocycles. The number of nitrogens with zero attached hydrogens (tertiary/aromatic N) is 4. The van der Waals surface area contributed by atoms with E-state index in [9.17, 15) is 4.39 Å². The smallest absolute Gasteiger partial charge is 0.212 e. The molecule has 4 nitrogen and oxygen atoms in total. The van der Waals surface area contributed by atoms with Gasteiger partial charge in [-0.3, -0.25) is 0 Å². The van der Waals surface area contributed by atoms with Crippen LogP contribution in [0.15, 0.2) is 24.4 Å². The van der Waals surface area contributed by atoms with Gasteiger partial charge < -0.3 is 0 Å². The topological polar surface area (TPSA) is 43.1 Å². The fraction of sp³-hybridized carbons (Fsp3) is 0.0833. The molecule has 0 bridgehead atoms. The van der Waals surface area contributed by atoms with Gasteiger partial charge in [-0.15, -0.1) is 11.3 Å². The van der Waals surface area contributed by atoms with Gasteiger partial charge in [-0.1, -0.05) is 11.3 Å². The molecular formula is C12H7FN4S2. The van der Waals surface area contributed by atoms with Crippen molar-refractivity contribution in [3.8, 4) is 10.7 Å². The Morgan fingerprint density at radius 3 is 2.95 bits per heavy atom. The Morgan fingerprint density at radius 2 is 2.11 bits per heavy atom. The summed E-state index contributed by atoms with van der Waals surface area (Å²) in [6, 6.07) is 4.63. The number of hydrogen-bond donors (Lipinski definition) is 0. The highest BCUT2D eigenvalue weighted by molar-refractivity contribution is 7.21. The predicted octanol–water partition coefficient (Wildman–Crippen LogP) is 3.52. The minimum atomic E-state index is -0.271. The molecule has 19 heavy (non-hydrogen) atoms. The maximum atomic E-state index is 13.1. The molecule has 0 spiro atoms. The van der Waals surface area contributed by atoms with Gasteiger partial charge in [0.05, 0.1) is 16.4 Å². The number of fused-ring (bicyclic) bond motifs is 2. The van der Waals surface area contributed by atoms with Gasteiger partial charge in [-0.05, 0) is 19.1 Å². The van der Waals surface area contributed by atoms with Crippen LogP contribution in [0.25, 0.3) is 25.9 Å². The maximum Gasteiger partial charge on any atom is 0.212 e. The molecule has 0 saturated heterocycles. The predicted molar refractivity (Wildman–Crippen MR) is 74.2 cm³/mol. The number of rotatable bonds is 1. The summed E-state index contributed by atoms with van der Waals surface area (Å²) in [5, 5.41) is 6.08. The SMILES string of the molecule is Cc1nn2cc(-c3nc4cc(F)ccc4s3)nc2s1. The van der Waals surface area contributed by atoms with E-state index in [2.05, 4.69) is 15.1 Å². The van der Waals surface area contributed by atoms with E-state index in [0.717, 1.165) is 25.4 Å².